The maximum atomic E-state index is 13.3. The molecule has 3 aliphatic heterocycles. The number of benzene rings is 7. The van der Waals surface area contributed by atoms with Crippen molar-refractivity contribution in [1.29, 1.82) is 0 Å². The van der Waals surface area contributed by atoms with Gasteiger partial charge in [0.15, 0.2) is 0 Å². The van der Waals surface area contributed by atoms with Gasteiger partial charge < -0.3 is 38.5 Å². The van der Waals surface area contributed by atoms with Crippen molar-refractivity contribution in [1.82, 2.24) is 0 Å². The summed E-state index contributed by atoms with van der Waals surface area (Å²) in [5.41, 5.74) is 11.4. The van der Waals surface area contributed by atoms with Crippen LogP contribution in [0.5, 0.6) is 28.7 Å². The van der Waals surface area contributed by atoms with Crippen molar-refractivity contribution in [3.8, 4) is 28.7 Å². The van der Waals surface area contributed by atoms with Crippen LogP contribution >= 0.6 is 19.8 Å². The second-order valence-corrected chi connectivity index (χ2v) is 21.7. The molecule has 10 rings (SSSR count). The van der Waals surface area contributed by atoms with E-state index in [1.54, 1.807) is 4.90 Å². The third-order valence-corrected chi connectivity index (χ3v) is 15.3. The number of carbonyl (C=O) groups excluding carboxylic acids is 2. The van der Waals surface area contributed by atoms with Gasteiger partial charge in [0.1, 0.15) is 58.8 Å². The van der Waals surface area contributed by atoms with E-state index in [-0.39, 0.29) is 49.8 Å². The third-order valence-electron chi connectivity index (χ3n) is 15.3. The summed E-state index contributed by atoms with van der Waals surface area (Å²) in [6.45, 7) is 23.5. The molecule has 0 aliphatic carbocycles. The van der Waals surface area contributed by atoms with Crippen LogP contribution in [0.15, 0.2) is 170 Å². The predicted molar refractivity (Wildman–Crippen MR) is 362 cm³/mol. The molecular formula is C72H87N3O9P2. The predicted octanol–water partition coefficient (Wildman–Crippen LogP) is 18.0. The number of aryl methyl sites for hydroxylation is 2. The van der Waals surface area contributed by atoms with E-state index in [1.807, 2.05) is 142 Å². The van der Waals surface area contributed by atoms with Gasteiger partial charge in [0.2, 0.25) is 0 Å². The first kappa shape index (κ1) is 67.1. The first-order valence-electron chi connectivity index (χ1n) is 29.2. The lowest BCUT2D eigenvalue weighted by molar-refractivity contribution is 0.133. The first-order valence-corrected chi connectivity index (χ1v) is 29.2. The number of hydrogen-bond donors (Lipinski definition) is 2. The van der Waals surface area contributed by atoms with Crippen molar-refractivity contribution in [2.24, 2.45) is 0 Å². The SMILES string of the molecule is CCC1(C)C=Cc2cc(NCc3ccccc3C)ccc2O1.CCOc1ccc(COC(=O)N(Cc2ccccc2C)c2ccc3c(c2)C=CC(C)(CC)O3)cc1.CCOc1ccc(COC(=O)Nc2ccc3c(c2)C=CC(C)(CC)O3)cc1.P.P. The molecule has 5 unspecified atom stereocenters. The molecule has 86 heavy (non-hydrogen) atoms. The van der Waals surface area contributed by atoms with Crippen LogP contribution in [0, 0.1) is 13.8 Å². The van der Waals surface area contributed by atoms with Crippen LogP contribution in [0.1, 0.15) is 125 Å². The number of nitrogens with one attached hydrogen (secondary N) is 2. The fourth-order valence-corrected chi connectivity index (χ4v) is 9.33. The summed E-state index contributed by atoms with van der Waals surface area (Å²) >= 11 is 0. The zero-order chi connectivity index (χ0) is 59.7. The van der Waals surface area contributed by atoms with E-state index in [0.717, 1.165) is 105 Å². The Hall–Kier alpha value is -8.04. The number of anilines is 3. The van der Waals surface area contributed by atoms with Gasteiger partial charge in [-0.15, -0.1) is 0 Å². The Morgan fingerprint density at radius 1 is 0.500 bits per heavy atom. The molecule has 3 heterocycles. The van der Waals surface area contributed by atoms with Crippen molar-refractivity contribution < 1.29 is 42.7 Å². The second kappa shape index (κ2) is 31.4. The van der Waals surface area contributed by atoms with E-state index < -0.39 is 12.2 Å². The summed E-state index contributed by atoms with van der Waals surface area (Å²) in [5.74, 6) is 4.20. The van der Waals surface area contributed by atoms with E-state index in [9.17, 15) is 9.59 Å². The Morgan fingerprint density at radius 2 is 0.930 bits per heavy atom. The van der Waals surface area contributed by atoms with Crippen molar-refractivity contribution in [3.63, 3.8) is 0 Å². The largest absolute Gasteiger partial charge is 0.494 e. The molecule has 0 radical (unpaired) electrons. The zero-order valence-electron chi connectivity index (χ0n) is 51.8. The maximum Gasteiger partial charge on any atom is 0.414 e. The first-order chi connectivity index (χ1) is 40.5. The summed E-state index contributed by atoms with van der Waals surface area (Å²) in [4.78, 5) is 27.1. The zero-order valence-corrected chi connectivity index (χ0v) is 54.6. The highest BCUT2D eigenvalue weighted by molar-refractivity contribution is 6.92. The van der Waals surface area contributed by atoms with Gasteiger partial charge in [-0.3, -0.25) is 10.2 Å². The van der Waals surface area contributed by atoms with Gasteiger partial charge in [0.05, 0.1) is 19.8 Å². The van der Waals surface area contributed by atoms with Crippen molar-refractivity contribution >= 4 is 67.3 Å². The average Bonchev–Trinajstić information content (AvgIpc) is 2.90. The van der Waals surface area contributed by atoms with Crippen LogP contribution in [0.3, 0.4) is 0 Å². The minimum absolute atomic E-state index is 0. The molecule has 0 saturated heterocycles. The minimum Gasteiger partial charge on any atom is -0.494 e. The number of ether oxygens (including phenoxy) is 7. The third kappa shape index (κ3) is 18.5. The van der Waals surface area contributed by atoms with Gasteiger partial charge in [-0.1, -0.05) is 112 Å². The normalized spacial score (nSPS) is 17.1. The standard InChI is InChI=1S/C30H33NO4.C22H25NO4.C20H23NO.2H3P/c1-5-30(4)18-17-24-19-26(13-16-28(24)35-30)31(20-25-10-8-7-9-22(25)3)29(32)34-21-23-11-14-27(15-12-23)33-6-2;1-4-22(3)13-12-17-14-18(8-11-20(17)27-22)23-21(24)26-15-16-6-9-19(10-7-16)25-5-2;1-4-20(3)12-11-16-13-18(9-10-19(16)22-20)21-14-17-8-6-5-7-15(17)2;;/h7-19H,5-6,20-21H2,1-4H3;6-14H,4-5,15H2,1-3H3,(H,23,24);5-13,21H,4,14H2,1-3H3;2*1H3. The van der Waals surface area contributed by atoms with E-state index in [2.05, 4.69) is 126 Å². The molecule has 3 aliphatic rings. The highest BCUT2D eigenvalue weighted by Crippen LogP contribution is 2.38. The molecule has 0 saturated carbocycles. The minimum atomic E-state index is -0.497. The van der Waals surface area contributed by atoms with Crippen LogP contribution in [-0.2, 0) is 35.8 Å². The van der Waals surface area contributed by atoms with Gasteiger partial charge in [-0.25, -0.2) is 9.59 Å². The fraction of sp³-hybridized carbons (Fsp3) is 0.306. The monoisotopic (exact) mass is 1200 g/mol. The van der Waals surface area contributed by atoms with Gasteiger partial charge in [-0.05, 0) is 198 Å². The van der Waals surface area contributed by atoms with Crippen LogP contribution in [-0.4, -0.2) is 42.2 Å². The van der Waals surface area contributed by atoms with Crippen molar-refractivity contribution in [2.75, 3.05) is 28.7 Å². The number of rotatable bonds is 18. The van der Waals surface area contributed by atoms with E-state index in [1.165, 1.54) is 11.1 Å². The van der Waals surface area contributed by atoms with Gasteiger partial charge in [-0.2, -0.15) is 19.8 Å². The molecule has 5 atom stereocenters. The van der Waals surface area contributed by atoms with E-state index in [4.69, 9.17) is 33.2 Å². The lowest BCUT2D eigenvalue weighted by Gasteiger charge is -2.31. The Bertz CT molecular complexity index is 3460. The lowest BCUT2D eigenvalue weighted by atomic mass is 9.97. The molecule has 0 bridgehead atoms. The van der Waals surface area contributed by atoms with Gasteiger partial charge in [0.25, 0.3) is 0 Å². The molecule has 2 N–H and O–H groups in total. The summed E-state index contributed by atoms with van der Waals surface area (Å²) in [6, 6.07) is 49.3. The van der Waals surface area contributed by atoms with Crippen LogP contribution in [0.4, 0.5) is 26.7 Å². The second-order valence-electron chi connectivity index (χ2n) is 21.7. The summed E-state index contributed by atoms with van der Waals surface area (Å²) < 4.78 is 40.2. The molecular weight excluding hydrogens is 1110 g/mol. The molecule has 14 heteroatoms. The van der Waals surface area contributed by atoms with Crippen LogP contribution in [0.25, 0.3) is 18.2 Å². The average molecular weight is 1200 g/mol. The van der Waals surface area contributed by atoms with Crippen LogP contribution < -0.4 is 39.2 Å². The van der Waals surface area contributed by atoms with Crippen molar-refractivity contribution in [3.05, 3.63) is 220 Å². The Balaban J connectivity index is 0.000000210. The summed E-state index contributed by atoms with van der Waals surface area (Å²) in [6.07, 6.45) is 14.4. The fourth-order valence-electron chi connectivity index (χ4n) is 9.33. The molecule has 454 valence electrons. The number of hydrogen-bond acceptors (Lipinski definition) is 10. The van der Waals surface area contributed by atoms with E-state index in [0.29, 0.717) is 25.4 Å². The highest BCUT2D eigenvalue weighted by atomic mass is 31.0. The Kier molecular flexibility index (Phi) is 24.5. The smallest absolute Gasteiger partial charge is 0.414 e. The highest BCUT2D eigenvalue weighted by Gasteiger charge is 2.29. The quantitative estimate of drug-likeness (QED) is 0.0802. The Morgan fingerprint density at radius 3 is 1.41 bits per heavy atom. The van der Waals surface area contributed by atoms with Crippen molar-refractivity contribution in [2.45, 2.75) is 132 Å². The van der Waals surface area contributed by atoms with Crippen LogP contribution in [0.2, 0.25) is 0 Å². The molecule has 12 nitrogen and oxygen atoms in total. The maximum absolute atomic E-state index is 13.3. The van der Waals surface area contributed by atoms with Gasteiger partial charge in [0, 0.05) is 40.3 Å². The molecule has 2 amide bonds. The molecule has 0 spiro atoms. The number of nitrogens with zero attached hydrogens (tertiary/aromatic N) is 1. The molecule has 7 aromatic carbocycles. The summed E-state index contributed by atoms with van der Waals surface area (Å²) in [7, 11) is 0. The lowest BCUT2D eigenvalue weighted by Crippen LogP contribution is -2.32. The number of carbonyl (C=O) groups is 2. The molecule has 0 fully saturated rings. The van der Waals surface area contributed by atoms with Gasteiger partial charge >= 0.3 is 12.2 Å². The number of fused-ring (bicyclic) bond motifs is 3. The van der Waals surface area contributed by atoms with E-state index >= 15 is 0 Å². The number of amides is 2. The summed E-state index contributed by atoms with van der Waals surface area (Å²) in [5, 5.41) is 6.25. The topological polar surface area (TPSA) is 126 Å². The molecule has 7 aromatic rings. The molecule has 0 aromatic heterocycles. The Labute approximate surface area is 516 Å².